The number of rotatable bonds is 1. The fourth-order valence-electron chi connectivity index (χ4n) is 1.57. The smallest absolute Gasteiger partial charge is 0.234 e. The van der Waals surface area contributed by atoms with Crippen LogP contribution in [0.3, 0.4) is 0 Å². The van der Waals surface area contributed by atoms with Gasteiger partial charge in [-0.3, -0.25) is 5.43 Å². The highest BCUT2D eigenvalue weighted by atomic mass is 16.7. The van der Waals surface area contributed by atoms with E-state index in [-0.39, 0.29) is 6.04 Å². The zero-order valence-corrected chi connectivity index (χ0v) is 6.92. The van der Waals surface area contributed by atoms with E-state index in [0.717, 1.165) is 31.8 Å². The minimum absolute atomic E-state index is 0.281. The zero-order chi connectivity index (χ0) is 8.39. The van der Waals surface area contributed by atoms with Crippen molar-refractivity contribution in [2.75, 3.05) is 13.1 Å². The number of hydrogen-bond acceptors (Lipinski definition) is 5. The molecule has 0 bridgehead atoms. The molecule has 0 aromatic heterocycles. The van der Waals surface area contributed by atoms with Gasteiger partial charge >= 0.3 is 0 Å². The fraction of sp³-hybridized carbons (Fsp3) is 0.714. The van der Waals surface area contributed by atoms with Gasteiger partial charge in [-0.1, -0.05) is 5.59 Å². The molecule has 4 N–H and O–H groups in total. The van der Waals surface area contributed by atoms with E-state index in [1.165, 1.54) is 0 Å². The van der Waals surface area contributed by atoms with Gasteiger partial charge in [-0.2, -0.15) is 0 Å². The van der Waals surface area contributed by atoms with E-state index < -0.39 is 0 Å². The highest BCUT2D eigenvalue weighted by Gasteiger charge is 2.21. The van der Waals surface area contributed by atoms with Crippen molar-refractivity contribution in [1.29, 1.82) is 0 Å². The topological polar surface area (TPSA) is 62.5 Å². The van der Waals surface area contributed by atoms with Crippen molar-refractivity contribution < 1.29 is 4.84 Å². The molecular formula is C7H14N4O. The summed E-state index contributed by atoms with van der Waals surface area (Å²) in [5, 5.41) is 0. The van der Waals surface area contributed by atoms with Gasteiger partial charge in [0.25, 0.3) is 0 Å². The number of likely N-dealkylation sites (tertiary alicyclic amines) is 1. The van der Waals surface area contributed by atoms with Crippen LogP contribution in [-0.4, -0.2) is 24.0 Å². The molecule has 2 heterocycles. The lowest BCUT2D eigenvalue weighted by atomic mass is 10.1. The van der Waals surface area contributed by atoms with Gasteiger partial charge in [0.1, 0.15) is 0 Å². The Labute approximate surface area is 71.5 Å². The summed E-state index contributed by atoms with van der Waals surface area (Å²) in [5.74, 6) is 0.838. The van der Waals surface area contributed by atoms with E-state index in [9.17, 15) is 0 Å². The molecule has 1 atom stereocenters. The van der Waals surface area contributed by atoms with E-state index in [1.54, 1.807) is 6.20 Å². The van der Waals surface area contributed by atoms with Crippen molar-refractivity contribution in [3.63, 3.8) is 0 Å². The summed E-state index contributed by atoms with van der Waals surface area (Å²) in [5.41, 5.74) is 11.2. The average Bonchev–Trinajstić information content (AvgIpc) is 2.56. The Balaban J connectivity index is 1.94. The van der Waals surface area contributed by atoms with E-state index >= 15 is 0 Å². The molecule has 1 unspecified atom stereocenters. The van der Waals surface area contributed by atoms with Gasteiger partial charge < -0.3 is 15.5 Å². The quantitative estimate of drug-likeness (QED) is 0.483. The molecule has 1 saturated heterocycles. The largest absolute Gasteiger partial charge is 0.369 e. The fourth-order valence-corrected chi connectivity index (χ4v) is 1.57. The Morgan fingerprint density at radius 1 is 1.67 bits per heavy atom. The van der Waals surface area contributed by atoms with E-state index in [4.69, 9.17) is 10.6 Å². The normalized spacial score (nSPS) is 29.2. The molecule has 0 spiro atoms. The summed E-state index contributed by atoms with van der Waals surface area (Å²) in [7, 11) is 0. The van der Waals surface area contributed by atoms with Crippen molar-refractivity contribution in [2.45, 2.75) is 18.9 Å². The molecular weight excluding hydrogens is 156 g/mol. The number of nitrogens with zero attached hydrogens (tertiary/aromatic N) is 1. The van der Waals surface area contributed by atoms with Gasteiger partial charge in [0, 0.05) is 19.1 Å². The first-order valence-corrected chi connectivity index (χ1v) is 4.24. The summed E-state index contributed by atoms with van der Waals surface area (Å²) in [6.07, 6.45) is 4.06. The van der Waals surface area contributed by atoms with Crippen molar-refractivity contribution in [3.05, 3.63) is 12.1 Å². The van der Waals surface area contributed by atoms with Gasteiger partial charge in [-0.05, 0) is 12.8 Å². The van der Waals surface area contributed by atoms with Gasteiger partial charge in [0.2, 0.25) is 5.88 Å². The molecule has 0 aliphatic carbocycles. The third kappa shape index (κ3) is 1.46. The SMILES string of the molecule is NC1CCCN(C2=CNNO2)C1. The minimum Gasteiger partial charge on any atom is -0.369 e. The lowest BCUT2D eigenvalue weighted by molar-refractivity contribution is 0.0420. The van der Waals surface area contributed by atoms with Crippen LogP contribution in [-0.2, 0) is 4.84 Å². The molecule has 0 aromatic carbocycles. The maximum absolute atomic E-state index is 5.83. The van der Waals surface area contributed by atoms with Crippen LogP contribution in [0, 0.1) is 0 Å². The molecule has 0 aromatic rings. The van der Waals surface area contributed by atoms with Gasteiger partial charge in [0.15, 0.2) is 0 Å². The van der Waals surface area contributed by atoms with Crippen molar-refractivity contribution in [3.8, 4) is 0 Å². The Bertz CT molecular complexity index is 194. The first kappa shape index (κ1) is 7.70. The molecule has 0 saturated carbocycles. The molecule has 1 fully saturated rings. The first-order valence-electron chi connectivity index (χ1n) is 4.24. The number of nitrogens with one attached hydrogen (secondary N) is 2. The van der Waals surface area contributed by atoms with Crippen molar-refractivity contribution in [1.82, 2.24) is 15.9 Å². The van der Waals surface area contributed by atoms with Crippen LogP contribution in [0.15, 0.2) is 12.1 Å². The summed E-state index contributed by atoms with van der Waals surface area (Å²) >= 11 is 0. The minimum atomic E-state index is 0.281. The summed E-state index contributed by atoms with van der Waals surface area (Å²) in [4.78, 5) is 7.25. The standard InChI is InChI=1S/C7H14N4O/c8-6-2-1-3-11(5-6)7-4-9-10-12-7/h4,6,9-10H,1-3,5,8H2. The number of hydrazine groups is 1. The third-order valence-corrected chi connectivity index (χ3v) is 2.18. The summed E-state index contributed by atoms with van der Waals surface area (Å²) in [6.45, 7) is 1.91. The third-order valence-electron chi connectivity index (χ3n) is 2.18. The summed E-state index contributed by atoms with van der Waals surface area (Å²) in [6, 6.07) is 0.281. The monoisotopic (exact) mass is 170 g/mol. The van der Waals surface area contributed by atoms with Crippen LogP contribution in [0.4, 0.5) is 0 Å². The maximum Gasteiger partial charge on any atom is 0.234 e. The molecule has 5 nitrogen and oxygen atoms in total. The van der Waals surface area contributed by atoms with Crippen LogP contribution in [0.5, 0.6) is 0 Å². The van der Waals surface area contributed by atoms with E-state index in [2.05, 4.69) is 15.9 Å². The lowest BCUT2D eigenvalue weighted by Gasteiger charge is -2.31. The lowest BCUT2D eigenvalue weighted by Crippen LogP contribution is -2.42. The van der Waals surface area contributed by atoms with Crippen molar-refractivity contribution >= 4 is 0 Å². The highest BCUT2D eigenvalue weighted by Crippen LogP contribution is 2.14. The predicted octanol–water partition coefficient (Wildman–Crippen LogP) is -0.752. The van der Waals surface area contributed by atoms with Crippen molar-refractivity contribution in [2.24, 2.45) is 5.73 Å². The molecule has 2 aliphatic heterocycles. The molecule has 0 radical (unpaired) electrons. The number of nitrogens with two attached hydrogens (primary N) is 1. The molecule has 68 valence electrons. The predicted molar refractivity (Wildman–Crippen MR) is 44.2 cm³/mol. The van der Waals surface area contributed by atoms with Crippen LogP contribution in [0.25, 0.3) is 0 Å². The second kappa shape index (κ2) is 3.20. The van der Waals surface area contributed by atoms with Crippen LogP contribution < -0.4 is 16.7 Å². The Morgan fingerprint density at radius 2 is 2.58 bits per heavy atom. The molecule has 5 heteroatoms. The zero-order valence-electron chi connectivity index (χ0n) is 6.92. The maximum atomic E-state index is 5.83. The second-order valence-electron chi connectivity index (χ2n) is 3.18. The number of hydrogen-bond donors (Lipinski definition) is 3. The molecule has 2 aliphatic rings. The second-order valence-corrected chi connectivity index (χ2v) is 3.18. The van der Waals surface area contributed by atoms with E-state index in [0.29, 0.717) is 0 Å². The highest BCUT2D eigenvalue weighted by molar-refractivity contribution is 4.95. The molecule has 2 rings (SSSR count). The van der Waals surface area contributed by atoms with E-state index in [1.807, 2.05) is 0 Å². The first-order chi connectivity index (χ1) is 5.86. The molecule has 0 amide bonds. The van der Waals surface area contributed by atoms with Gasteiger partial charge in [0.05, 0.1) is 6.20 Å². The summed E-state index contributed by atoms with van der Waals surface area (Å²) < 4.78 is 0. The van der Waals surface area contributed by atoms with Crippen LogP contribution >= 0.6 is 0 Å². The Kier molecular flexibility index (Phi) is 2.05. The van der Waals surface area contributed by atoms with Crippen LogP contribution in [0.2, 0.25) is 0 Å². The molecule has 12 heavy (non-hydrogen) atoms. The van der Waals surface area contributed by atoms with Crippen LogP contribution in [0.1, 0.15) is 12.8 Å². The number of piperidine rings is 1. The average molecular weight is 170 g/mol. The Morgan fingerprint density at radius 3 is 3.25 bits per heavy atom. The Hall–Kier alpha value is -0.940. The van der Waals surface area contributed by atoms with Gasteiger partial charge in [-0.25, -0.2) is 0 Å². The van der Waals surface area contributed by atoms with Gasteiger partial charge in [-0.15, -0.1) is 0 Å².